The molecule has 0 aromatic heterocycles. The van der Waals surface area contributed by atoms with E-state index in [1.165, 1.54) is 16.8 Å². The van der Waals surface area contributed by atoms with Gasteiger partial charge in [-0.2, -0.15) is 0 Å². The summed E-state index contributed by atoms with van der Waals surface area (Å²) in [4.78, 5) is 17.0. The predicted molar refractivity (Wildman–Crippen MR) is 109 cm³/mol. The van der Waals surface area contributed by atoms with E-state index < -0.39 is 0 Å². The molecule has 0 unspecified atom stereocenters. The van der Waals surface area contributed by atoms with E-state index in [2.05, 4.69) is 47.2 Å². The number of anilines is 1. The number of carbonyl (C=O) groups excluding carboxylic acids is 1. The fourth-order valence-corrected chi connectivity index (χ4v) is 3.74. The lowest BCUT2D eigenvalue weighted by atomic mass is 10.1. The maximum Gasteiger partial charge on any atom is 0.234 e. The highest BCUT2D eigenvalue weighted by molar-refractivity contribution is 5.78. The van der Waals surface area contributed by atoms with Crippen molar-refractivity contribution < 1.29 is 14.3 Å². The summed E-state index contributed by atoms with van der Waals surface area (Å²) in [5, 5.41) is 3.01. The van der Waals surface area contributed by atoms with Gasteiger partial charge in [-0.3, -0.25) is 9.69 Å². The molecule has 28 heavy (non-hydrogen) atoms. The summed E-state index contributed by atoms with van der Waals surface area (Å²) in [6.45, 7) is 9.21. The first-order valence-corrected chi connectivity index (χ1v) is 9.79. The second-order valence-electron chi connectivity index (χ2n) is 7.45. The van der Waals surface area contributed by atoms with E-state index in [1.807, 2.05) is 18.2 Å². The van der Waals surface area contributed by atoms with Crippen LogP contribution in [0.15, 0.2) is 36.4 Å². The van der Waals surface area contributed by atoms with Crippen LogP contribution >= 0.6 is 0 Å². The van der Waals surface area contributed by atoms with Crippen molar-refractivity contribution in [3.63, 3.8) is 0 Å². The van der Waals surface area contributed by atoms with Crippen LogP contribution in [0.2, 0.25) is 0 Å². The fraction of sp³-hybridized carbons (Fsp3) is 0.409. The van der Waals surface area contributed by atoms with Gasteiger partial charge in [-0.15, -0.1) is 0 Å². The second kappa shape index (κ2) is 8.10. The summed E-state index contributed by atoms with van der Waals surface area (Å²) in [6, 6.07) is 12.2. The lowest BCUT2D eigenvalue weighted by molar-refractivity contribution is -0.122. The number of ether oxygens (including phenoxy) is 2. The van der Waals surface area contributed by atoms with Crippen molar-refractivity contribution in [1.82, 2.24) is 10.2 Å². The van der Waals surface area contributed by atoms with Crippen LogP contribution in [0.25, 0.3) is 0 Å². The number of hydrogen-bond acceptors (Lipinski definition) is 5. The Balaban J connectivity index is 1.24. The summed E-state index contributed by atoms with van der Waals surface area (Å²) >= 11 is 0. The number of carbonyl (C=O) groups is 1. The molecule has 2 aliphatic heterocycles. The van der Waals surface area contributed by atoms with Gasteiger partial charge in [-0.25, -0.2) is 0 Å². The van der Waals surface area contributed by atoms with Crippen molar-refractivity contribution in [2.45, 2.75) is 20.4 Å². The molecule has 0 spiro atoms. The van der Waals surface area contributed by atoms with Gasteiger partial charge in [0.25, 0.3) is 0 Å². The van der Waals surface area contributed by atoms with Crippen molar-refractivity contribution in [3.05, 3.63) is 53.1 Å². The monoisotopic (exact) mass is 381 g/mol. The van der Waals surface area contributed by atoms with Gasteiger partial charge in [0.05, 0.1) is 6.54 Å². The zero-order chi connectivity index (χ0) is 19.5. The minimum atomic E-state index is 0.0536. The zero-order valence-corrected chi connectivity index (χ0v) is 16.5. The van der Waals surface area contributed by atoms with E-state index in [0.717, 1.165) is 43.2 Å². The van der Waals surface area contributed by atoms with Gasteiger partial charge in [0, 0.05) is 38.4 Å². The molecular weight excluding hydrogens is 354 g/mol. The van der Waals surface area contributed by atoms with Crippen LogP contribution < -0.4 is 19.7 Å². The molecule has 1 saturated heterocycles. The van der Waals surface area contributed by atoms with E-state index in [9.17, 15) is 4.79 Å². The molecule has 0 radical (unpaired) electrons. The molecule has 148 valence electrons. The molecule has 2 aromatic carbocycles. The van der Waals surface area contributed by atoms with Crippen LogP contribution in [0.4, 0.5) is 5.69 Å². The molecule has 1 fully saturated rings. The van der Waals surface area contributed by atoms with Crippen LogP contribution in [0.1, 0.15) is 16.7 Å². The highest BCUT2D eigenvalue weighted by Gasteiger charge is 2.20. The Morgan fingerprint density at radius 3 is 2.64 bits per heavy atom. The van der Waals surface area contributed by atoms with Gasteiger partial charge in [-0.1, -0.05) is 18.2 Å². The highest BCUT2D eigenvalue weighted by atomic mass is 16.7. The molecule has 6 heteroatoms. The van der Waals surface area contributed by atoms with Crippen LogP contribution in [-0.4, -0.2) is 50.3 Å². The van der Waals surface area contributed by atoms with E-state index in [0.29, 0.717) is 13.1 Å². The largest absolute Gasteiger partial charge is 0.454 e. The molecule has 0 aliphatic carbocycles. The Labute approximate surface area is 166 Å². The van der Waals surface area contributed by atoms with E-state index >= 15 is 0 Å². The number of fused-ring (bicyclic) bond motifs is 1. The average molecular weight is 381 g/mol. The van der Waals surface area contributed by atoms with Crippen LogP contribution in [0.3, 0.4) is 0 Å². The molecule has 0 bridgehead atoms. The summed E-state index contributed by atoms with van der Waals surface area (Å²) in [6.07, 6.45) is 0. The third-order valence-electron chi connectivity index (χ3n) is 5.58. The topological polar surface area (TPSA) is 54.0 Å². The number of benzene rings is 2. The molecule has 2 aromatic rings. The molecule has 1 N–H and O–H groups in total. The fourth-order valence-electron chi connectivity index (χ4n) is 3.74. The standard InChI is InChI=1S/C22H27N3O3/c1-16-4-3-5-19(17(16)2)25-10-8-24(9-11-25)14-22(26)23-13-18-6-7-20-21(12-18)28-15-27-20/h3-7,12H,8-11,13-15H2,1-2H3,(H,23,26). The zero-order valence-electron chi connectivity index (χ0n) is 16.5. The third kappa shape index (κ3) is 4.07. The van der Waals surface area contributed by atoms with Crippen LogP contribution in [0, 0.1) is 13.8 Å². The predicted octanol–water partition coefficient (Wildman–Crippen LogP) is 2.47. The normalized spacial score (nSPS) is 16.3. The number of nitrogens with one attached hydrogen (secondary N) is 1. The Morgan fingerprint density at radius 2 is 1.82 bits per heavy atom. The van der Waals surface area contributed by atoms with E-state index in [4.69, 9.17) is 9.47 Å². The molecule has 4 rings (SSSR count). The summed E-state index contributed by atoms with van der Waals surface area (Å²) in [7, 11) is 0. The third-order valence-corrected chi connectivity index (χ3v) is 5.58. The van der Waals surface area contributed by atoms with E-state index in [-0.39, 0.29) is 12.7 Å². The SMILES string of the molecule is Cc1cccc(N2CCN(CC(=O)NCc3ccc4c(c3)OCO4)CC2)c1C. The minimum Gasteiger partial charge on any atom is -0.454 e. The maximum atomic E-state index is 12.3. The second-order valence-corrected chi connectivity index (χ2v) is 7.45. The van der Waals surface area contributed by atoms with Crippen LogP contribution in [-0.2, 0) is 11.3 Å². The first-order valence-electron chi connectivity index (χ1n) is 9.79. The molecule has 0 saturated carbocycles. The Bertz CT molecular complexity index is 860. The highest BCUT2D eigenvalue weighted by Crippen LogP contribution is 2.32. The number of nitrogens with zero attached hydrogens (tertiary/aromatic N) is 2. The van der Waals surface area contributed by atoms with Crippen molar-refractivity contribution in [2.75, 3.05) is 44.4 Å². The summed E-state index contributed by atoms with van der Waals surface area (Å²) < 4.78 is 10.7. The minimum absolute atomic E-state index is 0.0536. The number of amides is 1. The van der Waals surface area contributed by atoms with Crippen molar-refractivity contribution in [3.8, 4) is 11.5 Å². The van der Waals surface area contributed by atoms with Gasteiger partial charge in [0.2, 0.25) is 12.7 Å². The van der Waals surface area contributed by atoms with Crippen molar-refractivity contribution in [1.29, 1.82) is 0 Å². The van der Waals surface area contributed by atoms with Gasteiger partial charge >= 0.3 is 0 Å². The van der Waals surface area contributed by atoms with Crippen molar-refractivity contribution in [2.24, 2.45) is 0 Å². The van der Waals surface area contributed by atoms with E-state index in [1.54, 1.807) is 0 Å². The lowest BCUT2D eigenvalue weighted by Crippen LogP contribution is -2.49. The number of rotatable bonds is 5. The summed E-state index contributed by atoms with van der Waals surface area (Å²) in [5.41, 5.74) is 4.99. The van der Waals surface area contributed by atoms with Gasteiger partial charge in [-0.05, 0) is 48.7 Å². The first kappa shape index (κ1) is 18.6. The van der Waals surface area contributed by atoms with Crippen molar-refractivity contribution >= 4 is 11.6 Å². The van der Waals surface area contributed by atoms with Gasteiger partial charge in [0.15, 0.2) is 11.5 Å². The average Bonchev–Trinajstić information content (AvgIpc) is 3.17. The molecule has 2 aliphatic rings. The molecule has 6 nitrogen and oxygen atoms in total. The van der Waals surface area contributed by atoms with Gasteiger partial charge < -0.3 is 19.7 Å². The molecular formula is C22H27N3O3. The Kier molecular flexibility index (Phi) is 5.39. The molecule has 0 atom stereocenters. The van der Waals surface area contributed by atoms with Gasteiger partial charge in [0.1, 0.15) is 0 Å². The number of piperazine rings is 1. The summed E-state index contributed by atoms with van der Waals surface area (Å²) in [5.74, 6) is 1.56. The number of hydrogen-bond donors (Lipinski definition) is 1. The first-order chi connectivity index (χ1) is 13.6. The Hall–Kier alpha value is -2.73. The quantitative estimate of drug-likeness (QED) is 0.862. The Morgan fingerprint density at radius 1 is 1.04 bits per heavy atom. The molecule has 2 heterocycles. The lowest BCUT2D eigenvalue weighted by Gasteiger charge is -2.36. The smallest absolute Gasteiger partial charge is 0.234 e. The molecule has 1 amide bonds. The maximum absolute atomic E-state index is 12.3. The van der Waals surface area contributed by atoms with Crippen LogP contribution in [0.5, 0.6) is 11.5 Å². The number of aryl methyl sites for hydroxylation is 1.